The number of allylic oxidation sites excluding steroid dienone is 1. The Morgan fingerprint density at radius 2 is 1.50 bits per heavy atom. The second kappa shape index (κ2) is 9.37. The number of rotatable bonds is 5. The molecule has 0 fully saturated rings. The van der Waals surface area contributed by atoms with Crippen LogP contribution in [0, 0.1) is 11.3 Å². The van der Waals surface area contributed by atoms with Gasteiger partial charge in [0.05, 0.1) is 16.7 Å². The van der Waals surface area contributed by atoms with Crippen LogP contribution in [0.15, 0.2) is 60.7 Å². The van der Waals surface area contributed by atoms with E-state index in [1.165, 1.54) is 0 Å². The molecule has 0 aromatic heterocycles. The molecule has 3 aromatic carbocycles. The number of nitriles is 1. The Morgan fingerprint density at radius 1 is 0.857 bits per heavy atom. The van der Waals surface area contributed by atoms with Gasteiger partial charge in [-0.3, -0.25) is 0 Å². The summed E-state index contributed by atoms with van der Waals surface area (Å²) in [6, 6.07) is 19.8. The Hall–Kier alpha value is -2.15. The highest BCUT2D eigenvalue weighted by atomic mass is 35.5. The predicted octanol–water partition coefficient (Wildman–Crippen LogP) is 7.94. The molecule has 140 valence electrons. The molecule has 2 nitrogen and oxygen atoms in total. The standard InChI is InChI=1S/C22H13Cl4NO/c23-17-3-1-14(2-4-17)13-28-22-8-6-18(24)10-15(22)9-16(12-27)20-7-5-19(25)11-21(20)26/h1-11H,13H2/b16-9+. The highest BCUT2D eigenvalue weighted by molar-refractivity contribution is 6.36. The van der Waals surface area contributed by atoms with Gasteiger partial charge in [0.2, 0.25) is 0 Å². The van der Waals surface area contributed by atoms with Crippen molar-refractivity contribution in [2.45, 2.75) is 6.61 Å². The molecule has 0 amide bonds. The number of hydrogen-bond donors (Lipinski definition) is 0. The number of benzene rings is 3. The summed E-state index contributed by atoms with van der Waals surface area (Å²) in [6.07, 6.45) is 1.69. The number of halogens is 4. The van der Waals surface area contributed by atoms with E-state index in [2.05, 4.69) is 6.07 Å². The summed E-state index contributed by atoms with van der Waals surface area (Å²) >= 11 is 24.3. The van der Waals surface area contributed by atoms with E-state index in [1.807, 2.05) is 12.1 Å². The molecule has 3 rings (SSSR count). The van der Waals surface area contributed by atoms with Crippen LogP contribution in [0.25, 0.3) is 11.6 Å². The minimum Gasteiger partial charge on any atom is -0.488 e. The highest BCUT2D eigenvalue weighted by Gasteiger charge is 2.10. The fourth-order valence-electron chi connectivity index (χ4n) is 2.54. The lowest BCUT2D eigenvalue weighted by Gasteiger charge is -2.11. The third kappa shape index (κ3) is 5.22. The average molecular weight is 449 g/mol. The van der Waals surface area contributed by atoms with E-state index in [9.17, 15) is 5.26 Å². The second-order valence-electron chi connectivity index (χ2n) is 5.89. The van der Waals surface area contributed by atoms with Crippen molar-refractivity contribution in [3.05, 3.63) is 97.4 Å². The first kappa shape index (κ1) is 20.6. The van der Waals surface area contributed by atoms with Crippen LogP contribution in [-0.2, 0) is 6.61 Å². The van der Waals surface area contributed by atoms with Crippen LogP contribution in [0.3, 0.4) is 0 Å². The van der Waals surface area contributed by atoms with Gasteiger partial charge in [-0.25, -0.2) is 0 Å². The van der Waals surface area contributed by atoms with Crippen molar-refractivity contribution in [3.63, 3.8) is 0 Å². The number of nitrogens with zero attached hydrogens (tertiary/aromatic N) is 1. The Labute approximate surface area is 183 Å². The molecule has 3 aromatic rings. The lowest BCUT2D eigenvalue weighted by molar-refractivity contribution is 0.305. The van der Waals surface area contributed by atoms with Crippen molar-refractivity contribution in [1.82, 2.24) is 0 Å². The van der Waals surface area contributed by atoms with Gasteiger partial charge in [0, 0.05) is 26.2 Å². The minimum absolute atomic E-state index is 0.350. The highest BCUT2D eigenvalue weighted by Crippen LogP contribution is 2.32. The molecule has 0 atom stereocenters. The van der Waals surface area contributed by atoms with Crippen LogP contribution in [-0.4, -0.2) is 0 Å². The first-order chi connectivity index (χ1) is 13.5. The van der Waals surface area contributed by atoms with Gasteiger partial charge in [-0.2, -0.15) is 5.26 Å². The van der Waals surface area contributed by atoms with Crippen LogP contribution in [0.2, 0.25) is 20.1 Å². The van der Waals surface area contributed by atoms with E-state index < -0.39 is 0 Å². The summed E-state index contributed by atoms with van der Waals surface area (Å²) < 4.78 is 5.94. The maximum atomic E-state index is 9.63. The van der Waals surface area contributed by atoms with Crippen LogP contribution in [0.5, 0.6) is 5.75 Å². The van der Waals surface area contributed by atoms with Gasteiger partial charge in [0.15, 0.2) is 0 Å². The maximum absolute atomic E-state index is 9.63. The zero-order valence-corrected chi connectivity index (χ0v) is 17.4. The van der Waals surface area contributed by atoms with Crippen molar-refractivity contribution < 1.29 is 4.74 Å². The van der Waals surface area contributed by atoms with Crippen molar-refractivity contribution in [2.24, 2.45) is 0 Å². The van der Waals surface area contributed by atoms with Crippen LogP contribution < -0.4 is 4.74 Å². The maximum Gasteiger partial charge on any atom is 0.127 e. The molecule has 0 aliphatic rings. The Morgan fingerprint density at radius 3 is 2.18 bits per heavy atom. The topological polar surface area (TPSA) is 33.0 Å². The van der Waals surface area contributed by atoms with Gasteiger partial charge >= 0.3 is 0 Å². The normalized spacial score (nSPS) is 11.2. The molecule has 0 saturated carbocycles. The molecule has 0 unspecified atom stereocenters. The summed E-state index contributed by atoms with van der Waals surface area (Å²) in [5.74, 6) is 0.595. The lowest BCUT2D eigenvalue weighted by atomic mass is 10.0. The molecule has 6 heteroatoms. The average Bonchev–Trinajstić information content (AvgIpc) is 2.67. The van der Waals surface area contributed by atoms with Gasteiger partial charge in [-0.15, -0.1) is 0 Å². The molecule has 0 radical (unpaired) electrons. The molecule has 0 heterocycles. The fourth-order valence-corrected chi connectivity index (χ4v) is 3.36. The summed E-state index contributed by atoms with van der Waals surface area (Å²) in [7, 11) is 0. The van der Waals surface area contributed by atoms with E-state index in [0.29, 0.717) is 49.1 Å². The molecule has 0 bridgehead atoms. The predicted molar refractivity (Wildman–Crippen MR) is 117 cm³/mol. The first-order valence-corrected chi connectivity index (χ1v) is 9.71. The van der Waals surface area contributed by atoms with E-state index in [0.717, 1.165) is 5.56 Å². The zero-order chi connectivity index (χ0) is 20.1. The molecule has 0 aliphatic carbocycles. The molecule has 0 saturated heterocycles. The summed E-state index contributed by atoms with van der Waals surface area (Å²) in [6.45, 7) is 0.350. The number of ether oxygens (including phenoxy) is 1. The lowest BCUT2D eigenvalue weighted by Crippen LogP contribution is -1.97. The molecular formula is C22H13Cl4NO. The van der Waals surface area contributed by atoms with E-state index in [-0.39, 0.29) is 0 Å². The zero-order valence-electron chi connectivity index (χ0n) is 14.4. The molecule has 0 N–H and O–H groups in total. The van der Waals surface area contributed by atoms with Crippen LogP contribution in [0.1, 0.15) is 16.7 Å². The monoisotopic (exact) mass is 447 g/mol. The van der Waals surface area contributed by atoms with Gasteiger partial charge in [0.1, 0.15) is 12.4 Å². The first-order valence-electron chi connectivity index (χ1n) is 8.20. The van der Waals surface area contributed by atoms with Crippen molar-refractivity contribution >= 4 is 58.1 Å². The summed E-state index contributed by atoms with van der Waals surface area (Å²) in [4.78, 5) is 0. The van der Waals surface area contributed by atoms with Gasteiger partial charge < -0.3 is 4.74 Å². The smallest absolute Gasteiger partial charge is 0.127 e. The van der Waals surface area contributed by atoms with Crippen molar-refractivity contribution in [3.8, 4) is 11.8 Å². The van der Waals surface area contributed by atoms with Gasteiger partial charge in [0.25, 0.3) is 0 Å². The van der Waals surface area contributed by atoms with Crippen LogP contribution >= 0.6 is 46.4 Å². The third-order valence-corrected chi connectivity index (χ3v) is 4.96. The quantitative estimate of drug-likeness (QED) is 0.293. The molecular weight excluding hydrogens is 436 g/mol. The van der Waals surface area contributed by atoms with Crippen molar-refractivity contribution in [1.29, 1.82) is 5.26 Å². The molecule has 0 aliphatic heterocycles. The third-order valence-electron chi connectivity index (χ3n) is 3.92. The molecule has 0 spiro atoms. The Kier molecular flexibility index (Phi) is 6.88. The number of hydrogen-bond acceptors (Lipinski definition) is 2. The van der Waals surface area contributed by atoms with E-state index in [4.69, 9.17) is 51.1 Å². The van der Waals surface area contributed by atoms with E-state index >= 15 is 0 Å². The van der Waals surface area contributed by atoms with Gasteiger partial charge in [-0.1, -0.05) is 64.6 Å². The summed E-state index contributed by atoms with van der Waals surface area (Å²) in [5.41, 5.74) is 2.59. The largest absolute Gasteiger partial charge is 0.488 e. The van der Waals surface area contributed by atoms with Crippen LogP contribution in [0.4, 0.5) is 0 Å². The molecule has 28 heavy (non-hydrogen) atoms. The summed E-state index contributed by atoms with van der Waals surface area (Å²) in [5, 5.41) is 11.7. The SMILES string of the molecule is N#C/C(=C\c1cc(Cl)ccc1OCc1ccc(Cl)cc1)c1ccc(Cl)cc1Cl. The minimum atomic E-state index is 0.350. The van der Waals surface area contributed by atoms with Gasteiger partial charge in [-0.05, 0) is 54.1 Å². The second-order valence-corrected chi connectivity index (χ2v) is 7.61. The fraction of sp³-hybridized carbons (Fsp3) is 0.0455. The van der Waals surface area contributed by atoms with E-state index in [1.54, 1.807) is 54.6 Å². The Balaban J connectivity index is 1.93. The Bertz CT molecular complexity index is 1070. The van der Waals surface area contributed by atoms with Crippen molar-refractivity contribution in [2.75, 3.05) is 0 Å².